The Morgan fingerprint density at radius 1 is 1.18 bits per heavy atom. The number of aromatic amines is 1. The predicted octanol–water partition coefficient (Wildman–Crippen LogP) is 2.85. The van der Waals surface area contributed by atoms with Gasteiger partial charge in [-0.2, -0.15) is 5.21 Å². The lowest BCUT2D eigenvalue weighted by Gasteiger charge is -2.27. The molecule has 2 aromatic carbocycles. The number of carbonyl (C=O) groups excluding carboxylic acids is 2. The molecule has 1 aliphatic rings. The molecule has 3 unspecified atom stereocenters. The summed E-state index contributed by atoms with van der Waals surface area (Å²) >= 11 is 0. The molecule has 0 aliphatic carbocycles. The summed E-state index contributed by atoms with van der Waals surface area (Å²) < 4.78 is 29.1. The highest BCUT2D eigenvalue weighted by Crippen LogP contribution is 2.28. The van der Waals surface area contributed by atoms with Gasteiger partial charge >= 0.3 is 0 Å². The molecule has 0 bridgehead atoms. The number of hydrogen-bond acceptors (Lipinski definition) is 5. The molecule has 2 heterocycles. The Labute approximate surface area is 195 Å². The molecule has 1 aromatic heterocycles. The van der Waals surface area contributed by atoms with Crippen LogP contribution in [0.5, 0.6) is 0 Å². The van der Waals surface area contributed by atoms with E-state index in [2.05, 4.69) is 25.9 Å². The average molecular weight is 469 g/mol. The Balaban J connectivity index is 1.59. The maximum Gasteiger partial charge on any atom is 0.243 e. The zero-order valence-electron chi connectivity index (χ0n) is 18.9. The third kappa shape index (κ3) is 5.11. The molecule has 3 aromatic rings. The van der Waals surface area contributed by atoms with Crippen LogP contribution in [-0.2, 0) is 16.0 Å². The number of nitrogens with zero attached hydrogens (tertiary/aromatic N) is 4. The number of benzene rings is 2. The van der Waals surface area contributed by atoms with Crippen molar-refractivity contribution in [3.8, 4) is 0 Å². The molecule has 1 aliphatic heterocycles. The Hall–Kier alpha value is -3.69. The van der Waals surface area contributed by atoms with Gasteiger partial charge in [0.05, 0.1) is 19.0 Å². The summed E-state index contributed by atoms with van der Waals surface area (Å²) in [4.78, 5) is 27.3. The Morgan fingerprint density at radius 3 is 2.59 bits per heavy atom. The Bertz CT molecular complexity index is 1140. The van der Waals surface area contributed by atoms with E-state index in [4.69, 9.17) is 0 Å². The van der Waals surface area contributed by atoms with Crippen LogP contribution in [0.2, 0.25) is 0 Å². The van der Waals surface area contributed by atoms with Crippen LogP contribution in [0.15, 0.2) is 48.5 Å². The van der Waals surface area contributed by atoms with Gasteiger partial charge in [0, 0.05) is 6.42 Å². The first-order chi connectivity index (χ1) is 16.3. The topological polar surface area (TPSA) is 104 Å². The highest BCUT2D eigenvalue weighted by molar-refractivity contribution is 5.89. The van der Waals surface area contributed by atoms with Crippen molar-refractivity contribution in [3.05, 3.63) is 76.9 Å². The molecule has 0 saturated carbocycles. The van der Waals surface area contributed by atoms with E-state index in [1.165, 1.54) is 11.0 Å². The van der Waals surface area contributed by atoms with Gasteiger partial charge in [-0.3, -0.25) is 9.59 Å². The van der Waals surface area contributed by atoms with Crippen LogP contribution in [0.1, 0.15) is 54.7 Å². The number of halogens is 2. The SMILES string of the molecule is CC(C)c1ccc(C(NC(=O)C2CC(F)CN2C(=O)Cc2nn[nH]n2)c2ccccc2)cc1F. The first kappa shape index (κ1) is 23.5. The number of amides is 2. The maximum absolute atomic E-state index is 14.8. The van der Waals surface area contributed by atoms with Gasteiger partial charge < -0.3 is 10.2 Å². The van der Waals surface area contributed by atoms with Crippen molar-refractivity contribution >= 4 is 11.8 Å². The summed E-state index contributed by atoms with van der Waals surface area (Å²) in [6.45, 7) is 3.62. The minimum Gasteiger partial charge on any atom is -0.343 e. The zero-order chi connectivity index (χ0) is 24.2. The van der Waals surface area contributed by atoms with Gasteiger partial charge in [0.25, 0.3) is 0 Å². The number of alkyl halides is 1. The van der Waals surface area contributed by atoms with Crippen molar-refractivity contribution in [1.29, 1.82) is 0 Å². The number of aromatic nitrogens is 4. The van der Waals surface area contributed by atoms with Gasteiger partial charge in [-0.15, -0.1) is 10.2 Å². The van der Waals surface area contributed by atoms with Crippen molar-refractivity contribution in [3.63, 3.8) is 0 Å². The molecule has 10 heteroatoms. The quantitative estimate of drug-likeness (QED) is 0.555. The van der Waals surface area contributed by atoms with E-state index < -0.39 is 30.1 Å². The van der Waals surface area contributed by atoms with Crippen LogP contribution in [0.3, 0.4) is 0 Å². The van der Waals surface area contributed by atoms with Gasteiger partial charge in [0.1, 0.15) is 18.0 Å². The van der Waals surface area contributed by atoms with E-state index in [1.807, 2.05) is 44.2 Å². The fourth-order valence-corrected chi connectivity index (χ4v) is 4.24. The lowest BCUT2D eigenvalue weighted by molar-refractivity contribution is -0.138. The third-order valence-electron chi connectivity index (χ3n) is 5.97. The van der Waals surface area contributed by atoms with Crippen molar-refractivity contribution in [2.24, 2.45) is 0 Å². The molecule has 0 spiro atoms. The van der Waals surface area contributed by atoms with Crippen molar-refractivity contribution in [2.45, 2.75) is 50.9 Å². The molecule has 1 saturated heterocycles. The fraction of sp³-hybridized carbons (Fsp3) is 0.375. The first-order valence-corrected chi connectivity index (χ1v) is 11.1. The Kier molecular flexibility index (Phi) is 6.95. The number of nitrogens with one attached hydrogen (secondary N) is 2. The minimum absolute atomic E-state index is 0.0116. The van der Waals surface area contributed by atoms with Crippen LogP contribution >= 0.6 is 0 Å². The summed E-state index contributed by atoms with van der Waals surface area (Å²) in [5.74, 6) is -1.16. The molecule has 0 radical (unpaired) electrons. The van der Waals surface area contributed by atoms with Gasteiger partial charge in [0.15, 0.2) is 5.82 Å². The highest BCUT2D eigenvalue weighted by Gasteiger charge is 2.40. The van der Waals surface area contributed by atoms with Crippen LogP contribution in [0, 0.1) is 5.82 Å². The number of likely N-dealkylation sites (tertiary alicyclic amines) is 1. The molecule has 2 N–H and O–H groups in total. The second-order valence-electron chi connectivity index (χ2n) is 8.69. The smallest absolute Gasteiger partial charge is 0.243 e. The van der Waals surface area contributed by atoms with Crippen LogP contribution in [0.25, 0.3) is 0 Å². The zero-order valence-corrected chi connectivity index (χ0v) is 18.9. The van der Waals surface area contributed by atoms with Crippen molar-refractivity contribution < 1.29 is 18.4 Å². The molecular formula is C24H26F2N6O2. The number of tetrazole rings is 1. The summed E-state index contributed by atoms with van der Waals surface area (Å²) in [5.41, 5.74) is 1.88. The molecule has 4 rings (SSSR count). The summed E-state index contributed by atoms with van der Waals surface area (Å²) in [6, 6.07) is 12.4. The van der Waals surface area contributed by atoms with E-state index in [1.54, 1.807) is 12.1 Å². The number of H-pyrrole nitrogens is 1. The summed E-state index contributed by atoms with van der Waals surface area (Å²) in [7, 11) is 0. The van der Waals surface area contributed by atoms with Gasteiger partial charge in [-0.05, 0) is 28.7 Å². The summed E-state index contributed by atoms with van der Waals surface area (Å²) in [5, 5.41) is 16.1. The lowest BCUT2D eigenvalue weighted by Crippen LogP contribution is -2.47. The highest BCUT2D eigenvalue weighted by atomic mass is 19.1. The lowest BCUT2D eigenvalue weighted by atomic mass is 9.94. The largest absolute Gasteiger partial charge is 0.343 e. The summed E-state index contributed by atoms with van der Waals surface area (Å²) in [6.07, 6.45) is -1.65. The van der Waals surface area contributed by atoms with Crippen molar-refractivity contribution in [2.75, 3.05) is 6.54 Å². The van der Waals surface area contributed by atoms with Crippen molar-refractivity contribution in [1.82, 2.24) is 30.8 Å². The van der Waals surface area contributed by atoms with Crippen LogP contribution in [-0.4, -0.2) is 56.1 Å². The average Bonchev–Trinajstić information content (AvgIpc) is 3.47. The molecule has 34 heavy (non-hydrogen) atoms. The molecule has 1 fully saturated rings. The number of carbonyl (C=O) groups is 2. The Morgan fingerprint density at radius 2 is 1.94 bits per heavy atom. The standard InChI is InChI=1S/C24H26F2N6O2/c1-14(2)18-9-8-16(10-19(18)26)23(15-6-4-3-5-7-15)27-24(34)20-11-17(25)13-32(20)22(33)12-21-28-30-31-29-21/h3-10,14,17,20,23H,11-13H2,1-2H3,(H,27,34)(H,28,29,30,31). The molecule has 3 atom stereocenters. The predicted molar refractivity (Wildman–Crippen MR) is 120 cm³/mol. The third-order valence-corrected chi connectivity index (χ3v) is 5.97. The first-order valence-electron chi connectivity index (χ1n) is 11.1. The molecule has 8 nitrogen and oxygen atoms in total. The maximum atomic E-state index is 14.8. The second kappa shape index (κ2) is 10.1. The van der Waals surface area contributed by atoms with E-state index in [-0.39, 0.29) is 36.9 Å². The van der Waals surface area contributed by atoms with Gasteiger partial charge in [0.2, 0.25) is 11.8 Å². The van der Waals surface area contributed by atoms with E-state index >= 15 is 0 Å². The number of hydrogen-bond donors (Lipinski definition) is 2. The van der Waals surface area contributed by atoms with Crippen LogP contribution in [0.4, 0.5) is 8.78 Å². The van der Waals surface area contributed by atoms with Crippen LogP contribution < -0.4 is 5.32 Å². The van der Waals surface area contributed by atoms with E-state index in [0.717, 1.165) is 5.56 Å². The van der Waals surface area contributed by atoms with E-state index in [9.17, 15) is 18.4 Å². The van der Waals surface area contributed by atoms with E-state index in [0.29, 0.717) is 11.1 Å². The molecular weight excluding hydrogens is 442 g/mol. The number of rotatable bonds is 7. The second-order valence-corrected chi connectivity index (χ2v) is 8.69. The van der Waals surface area contributed by atoms with Gasteiger partial charge in [-0.1, -0.05) is 61.5 Å². The normalized spacial score (nSPS) is 18.8. The minimum atomic E-state index is -1.33. The fourth-order valence-electron chi connectivity index (χ4n) is 4.24. The molecule has 2 amide bonds. The van der Waals surface area contributed by atoms with Gasteiger partial charge in [-0.25, -0.2) is 8.78 Å². The molecule has 178 valence electrons. The monoisotopic (exact) mass is 468 g/mol.